The zero-order valence-electron chi connectivity index (χ0n) is 17.8. The standard InChI is InChI=1S/C23H26N4O3S/c1-4-27(5-2)23-26-22(30)19(31-23)14-20(28)24-17-11-8-10-16(13-17)21(29)25-18-12-7-6-9-15(18)3/h6-13,19H,4-5,14H2,1-3H3,(H,24,28)(H,25,29). The number of para-hydroxylation sites is 1. The highest BCUT2D eigenvalue weighted by atomic mass is 32.2. The van der Waals surface area contributed by atoms with Gasteiger partial charge < -0.3 is 15.5 Å². The number of rotatable bonds is 7. The molecular weight excluding hydrogens is 412 g/mol. The molecule has 2 aromatic rings. The molecule has 2 N–H and O–H groups in total. The summed E-state index contributed by atoms with van der Waals surface area (Å²) >= 11 is 1.33. The summed E-state index contributed by atoms with van der Waals surface area (Å²) in [4.78, 5) is 43.4. The van der Waals surface area contributed by atoms with Crippen molar-refractivity contribution < 1.29 is 14.4 Å². The Morgan fingerprint density at radius 1 is 1.06 bits per heavy atom. The fourth-order valence-electron chi connectivity index (χ4n) is 3.16. The first kappa shape index (κ1) is 22.6. The van der Waals surface area contributed by atoms with Crippen molar-refractivity contribution in [2.75, 3.05) is 23.7 Å². The summed E-state index contributed by atoms with van der Waals surface area (Å²) in [5.41, 5.74) is 2.63. The van der Waals surface area contributed by atoms with Gasteiger partial charge in [0.1, 0.15) is 5.25 Å². The third kappa shape index (κ3) is 5.73. The molecule has 31 heavy (non-hydrogen) atoms. The van der Waals surface area contributed by atoms with Gasteiger partial charge in [0.25, 0.3) is 11.8 Å². The number of nitrogens with zero attached hydrogens (tertiary/aromatic N) is 2. The number of carbonyl (C=O) groups excluding carboxylic acids is 3. The number of hydrogen-bond donors (Lipinski definition) is 2. The third-order valence-electron chi connectivity index (χ3n) is 4.94. The fraction of sp³-hybridized carbons (Fsp3) is 0.304. The molecule has 1 unspecified atom stereocenters. The maximum absolute atomic E-state index is 12.6. The van der Waals surface area contributed by atoms with Gasteiger partial charge in [0.15, 0.2) is 5.17 Å². The van der Waals surface area contributed by atoms with E-state index in [4.69, 9.17) is 0 Å². The lowest BCUT2D eigenvalue weighted by Crippen LogP contribution is -2.27. The van der Waals surface area contributed by atoms with Crippen molar-refractivity contribution in [3.05, 3.63) is 59.7 Å². The zero-order chi connectivity index (χ0) is 22.4. The lowest BCUT2D eigenvalue weighted by Gasteiger charge is -2.19. The molecule has 7 nitrogen and oxygen atoms in total. The molecule has 2 aromatic carbocycles. The molecule has 0 radical (unpaired) electrons. The van der Waals surface area contributed by atoms with Gasteiger partial charge >= 0.3 is 0 Å². The first-order valence-electron chi connectivity index (χ1n) is 10.2. The van der Waals surface area contributed by atoms with Gasteiger partial charge in [-0.25, -0.2) is 0 Å². The quantitative estimate of drug-likeness (QED) is 0.684. The molecule has 1 aliphatic rings. The largest absolute Gasteiger partial charge is 0.352 e. The van der Waals surface area contributed by atoms with E-state index in [1.165, 1.54) is 11.8 Å². The molecule has 0 spiro atoms. The van der Waals surface area contributed by atoms with Crippen LogP contribution in [0.25, 0.3) is 0 Å². The molecule has 0 saturated heterocycles. The van der Waals surface area contributed by atoms with Crippen LogP contribution in [0.3, 0.4) is 0 Å². The van der Waals surface area contributed by atoms with Crippen molar-refractivity contribution in [1.82, 2.24) is 4.90 Å². The molecule has 162 valence electrons. The number of hydrogen-bond acceptors (Lipinski definition) is 5. The summed E-state index contributed by atoms with van der Waals surface area (Å²) in [6, 6.07) is 14.2. The number of carbonyl (C=O) groups is 3. The SMILES string of the molecule is CCN(CC)C1=NC(=O)C(CC(=O)Nc2cccc(C(=O)Nc3ccccc3C)c2)S1. The summed E-state index contributed by atoms with van der Waals surface area (Å²) in [6.07, 6.45) is 0.0252. The lowest BCUT2D eigenvalue weighted by molar-refractivity contribution is -0.121. The fourth-order valence-corrected chi connectivity index (χ4v) is 4.36. The second-order valence-corrected chi connectivity index (χ2v) is 8.28. The molecule has 0 aliphatic carbocycles. The number of aliphatic imine (C=N–C) groups is 1. The van der Waals surface area contributed by atoms with E-state index >= 15 is 0 Å². The Morgan fingerprint density at radius 3 is 2.52 bits per heavy atom. The number of anilines is 2. The summed E-state index contributed by atoms with van der Waals surface area (Å²) in [5, 5.41) is 5.81. The maximum atomic E-state index is 12.6. The van der Waals surface area contributed by atoms with Gasteiger partial charge in [-0.15, -0.1) is 0 Å². The van der Waals surface area contributed by atoms with E-state index in [-0.39, 0.29) is 24.1 Å². The van der Waals surface area contributed by atoms with Crippen LogP contribution in [0.15, 0.2) is 53.5 Å². The van der Waals surface area contributed by atoms with Crippen LogP contribution in [0.4, 0.5) is 11.4 Å². The molecule has 8 heteroatoms. The van der Waals surface area contributed by atoms with E-state index in [9.17, 15) is 14.4 Å². The monoisotopic (exact) mass is 438 g/mol. The van der Waals surface area contributed by atoms with E-state index in [1.54, 1.807) is 24.3 Å². The van der Waals surface area contributed by atoms with Gasteiger partial charge in [-0.1, -0.05) is 36.0 Å². The average Bonchev–Trinajstić information content (AvgIpc) is 3.10. The molecule has 1 heterocycles. The van der Waals surface area contributed by atoms with Gasteiger partial charge in [0.05, 0.1) is 0 Å². The number of thioether (sulfide) groups is 1. The van der Waals surface area contributed by atoms with E-state index in [2.05, 4.69) is 15.6 Å². The van der Waals surface area contributed by atoms with Gasteiger partial charge in [-0.2, -0.15) is 4.99 Å². The smallest absolute Gasteiger partial charge is 0.262 e. The normalized spacial score (nSPS) is 15.4. The Balaban J connectivity index is 1.60. The predicted octanol–water partition coefficient (Wildman–Crippen LogP) is 3.92. The van der Waals surface area contributed by atoms with Crippen molar-refractivity contribution in [2.45, 2.75) is 32.4 Å². The van der Waals surface area contributed by atoms with E-state index in [1.807, 2.05) is 49.9 Å². The summed E-state index contributed by atoms with van der Waals surface area (Å²) in [6.45, 7) is 7.43. The number of nitrogens with one attached hydrogen (secondary N) is 2. The van der Waals surface area contributed by atoms with E-state index in [0.717, 1.165) is 24.3 Å². The van der Waals surface area contributed by atoms with Crippen molar-refractivity contribution in [1.29, 1.82) is 0 Å². The second-order valence-electron chi connectivity index (χ2n) is 7.11. The number of aryl methyl sites for hydroxylation is 1. The highest BCUT2D eigenvalue weighted by molar-refractivity contribution is 8.15. The Morgan fingerprint density at radius 2 is 1.81 bits per heavy atom. The number of amides is 3. The van der Waals surface area contributed by atoms with Crippen LogP contribution in [0.1, 0.15) is 36.2 Å². The van der Waals surface area contributed by atoms with Gasteiger partial charge in [-0.05, 0) is 50.6 Å². The Hall–Kier alpha value is -3.13. The number of benzene rings is 2. The molecule has 0 fully saturated rings. The first-order valence-corrected chi connectivity index (χ1v) is 11.1. The lowest BCUT2D eigenvalue weighted by atomic mass is 10.1. The Labute approximate surface area is 186 Å². The Bertz CT molecular complexity index is 1020. The van der Waals surface area contributed by atoms with Crippen molar-refractivity contribution in [2.24, 2.45) is 4.99 Å². The maximum Gasteiger partial charge on any atom is 0.262 e. The minimum absolute atomic E-state index is 0.0252. The van der Waals surface area contributed by atoms with Crippen LogP contribution >= 0.6 is 11.8 Å². The third-order valence-corrected chi connectivity index (χ3v) is 6.15. The molecular formula is C23H26N4O3S. The highest BCUT2D eigenvalue weighted by Crippen LogP contribution is 2.27. The molecule has 0 aromatic heterocycles. The van der Waals surface area contributed by atoms with Gasteiger partial charge in [-0.3, -0.25) is 14.4 Å². The first-order chi connectivity index (χ1) is 14.9. The Kier molecular flexibility index (Phi) is 7.46. The average molecular weight is 439 g/mol. The molecule has 3 rings (SSSR count). The predicted molar refractivity (Wildman–Crippen MR) is 126 cm³/mol. The summed E-state index contributed by atoms with van der Waals surface area (Å²) in [7, 11) is 0. The van der Waals surface area contributed by atoms with E-state index < -0.39 is 5.25 Å². The minimum Gasteiger partial charge on any atom is -0.352 e. The van der Waals surface area contributed by atoms with Gasteiger partial charge in [0.2, 0.25) is 5.91 Å². The van der Waals surface area contributed by atoms with Gasteiger partial charge in [0, 0.05) is 36.4 Å². The molecule has 1 atom stereocenters. The summed E-state index contributed by atoms with van der Waals surface area (Å²) in [5.74, 6) is -0.837. The van der Waals surface area contributed by atoms with Crippen LogP contribution in [0, 0.1) is 6.92 Å². The molecule has 3 amide bonds. The van der Waals surface area contributed by atoms with E-state index in [0.29, 0.717) is 16.4 Å². The van der Waals surface area contributed by atoms with Crippen LogP contribution in [-0.4, -0.2) is 46.1 Å². The van der Waals surface area contributed by atoms with Crippen LogP contribution < -0.4 is 10.6 Å². The highest BCUT2D eigenvalue weighted by Gasteiger charge is 2.32. The van der Waals surface area contributed by atoms with Crippen molar-refractivity contribution in [3.8, 4) is 0 Å². The molecule has 1 aliphatic heterocycles. The van der Waals surface area contributed by atoms with Crippen LogP contribution in [0.2, 0.25) is 0 Å². The van der Waals surface area contributed by atoms with Crippen molar-refractivity contribution in [3.63, 3.8) is 0 Å². The molecule has 0 bridgehead atoms. The number of amidine groups is 1. The minimum atomic E-state index is -0.525. The summed E-state index contributed by atoms with van der Waals surface area (Å²) < 4.78 is 0. The molecule has 0 saturated carbocycles. The van der Waals surface area contributed by atoms with Crippen LogP contribution in [0.5, 0.6) is 0 Å². The van der Waals surface area contributed by atoms with Crippen LogP contribution in [-0.2, 0) is 9.59 Å². The van der Waals surface area contributed by atoms with Crippen molar-refractivity contribution >= 4 is 46.0 Å². The second kappa shape index (κ2) is 10.3. The zero-order valence-corrected chi connectivity index (χ0v) is 18.7. The topological polar surface area (TPSA) is 90.9 Å².